The van der Waals surface area contributed by atoms with Crippen molar-refractivity contribution < 1.29 is 9.66 Å². The zero-order valence-electron chi connectivity index (χ0n) is 10.3. The van der Waals surface area contributed by atoms with Gasteiger partial charge in [-0.3, -0.25) is 10.1 Å². The largest absolute Gasteiger partial charge is 0.490 e. The first-order chi connectivity index (χ1) is 9.03. The summed E-state index contributed by atoms with van der Waals surface area (Å²) in [5, 5.41) is 30.7. The van der Waals surface area contributed by atoms with Gasteiger partial charge in [0.1, 0.15) is 17.7 Å². The first-order valence-corrected chi connectivity index (χ1v) is 5.13. The van der Waals surface area contributed by atoms with E-state index in [9.17, 15) is 10.1 Å². The van der Waals surface area contributed by atoms with Crippen LogP contribution >= 0.6 is 0 Å². The monoisotopic (exact) mass is 258 g/mol. The standard InChI is InChI=1S/C12H10N4O3/c1-8-3-11(16(17)18)12(19-2)4-10(8)15-7-9(5-13)6-14/h3-4,7,15H,1-2H3. The van der Waals surface area contributed by atoms with Gasteiger partial charge < -0.3 is 10.1 Å². The average molecular weight is 258 g/mol. The van der Waals surface area contributed by atoms with Gasteiger partial charge in [-0.05, 0) is 12.5 Å². The first kappa shape index (κ1) is 14.0. The zero-order valence-corrected chi connectivity index (χ0v) is 10.3. The summed E-state index contributed by atoms with van der Waals surface area (Å²) in [5.74, 6) is 0.0990. The Bertz CT molecular complexity index is 607. The Hall–Kier alpha value is -3.06. The Morgan fingerprint density at radius 3 is 2.58 bits per heavy atom. The van der Waals surface area contributed by atoms with Crippen LogP contribution in [0.5, 0.6) is 5.75 Å². The van der Waals surface area contributed by atoms with Crippen LogP contribution in [0.25, 0.3) is 0 Å². The van der Waals surface area contributed by atoms with Gasteiger partial charge in [0.25, 0.3) is 0 Å². The molecule has 0 saturated heterocycles. The van der Waals surface area contributed by atoms with E-state index in [0.717, 1.165) is 0 Å². The lowest BCUT2D eigenvalue weighted by Crippen LogP contribution is -1.98. The van der Waals surface area contributed by atoms with Crippen molar-refractivity contribution in [1.29, 1.82) is 10.5 Å². The average Bonchev–Trinajstić information content (AvgIpc) is 2.40. The molecule has 7 nitrogen and oxygen atoms in total. The Morgan fingerprint density at radius 1 is 1.47 bits per heavy atom. The number of benzene rings is 1. The maximum absolute atomic E-state index is 10.8. The quantitative estimate of drug-likeness (QED) is 0.503. The Kier molecular flexibility index (Phi) is 4.44. The number of methoxy groups -OCH3 is 1. The van der Waals surface area contributed by atoms with E-state index in [0.29, 0.717) is 11.3 Å². The lowest BCUT2D eigenvalue weighted by atomic mass is 10.1. The summed E-state index contributed by atoms with van der Waals surface area (Å²) in [7, 11) is 1.33. The molecule has 0 aliphatic heterocycles. The van der Waals surface area contributed by atoms with Crippen molar-refractivity contribution in [1.82, 2.24) is 0 Å². The minimum absolute atomic E-state index is 0.0990. The molecule has 7 heteroatoms. The molecular weight excluding hydrogens is 248 g/mol. The molecule has 1 aromatic rings. The fourth-order valence-corrected chi connectivity index (χ4v) is 1.37. The van der Waals surface area contributed by atoms with Gasteiger partial charge in [-0.1, -0.05) is 0 Å². The van der Waals surface area contributed by atoms with E-state index < -0.39 is 4.92 Å². The summed E-state index contributed by atoms with van der Waals surface area (Å²) in [6.07, 6.45) is 1.23. The van der Waals surface area contributed by atoms with Crippen LogP contribution in [0.1, 0.15) is 5.56 Å². The van der Waals surface area contributed by atoms with Gasteiger partial charge in [0, 0.05) is 24.0 Å². The Labute approximate surface area is 109 Å². The number of anilines is 1. The van der Waals surface area contributed by atoms with Crippen molar-refractivity contribution in [2.45, 2.75) is 6.92 Å². The highest BCUT2D eigenvalue weighted by Crippen LogP contribution is 2.32. The molecule has 0 fully saturated rings. The van der Waals surface area contributed by atoms with Crippen LogP contribution in [0.2, 0.25) is 0 Å². The SMILES string of the molecule is COc1cc(NC=C(C#N)C#N)c(C)cc1[N+](=O)[O-]. The van der Waals surface area contributed by atoms with Crippen LogP contribution in [0, 0.1) is 39.7 Å². The number of nitrogens with one attached hydrogen (secondary N) is 1. The van der Waals surface area contributed by atoms with Crippen molar-refractivity contribution >= 4 is 11.4 Å². The highest BCUT2D eigenvalue weighted by Gasteiger charge is 2.16. The van der Waals surface area contributed by atoms with E-state index in [4.69, 9.17) is 15.3 Å². The second kappa shape index (κ2) is 6.03. The van der Waals surface area contributed by atoms with E-state index in [1.165, 1.54) is 25.4 Å². The lowest BCUT2D eigenvalue weighted by Gasteiger charge is -2.08. The molecule has 1 rings (SSSR count). The predicted molar refractivity (Wildman–Crippen MR) is 67.3 cm³/mol. The third-order valence-corrected chi connectivity index (χ3v) is 2.34. The topological polar surface area (TPSA) is 112 Å². The number of hydrogen-bond donors (Lipinski definition) is 1. The second-order valence-electron chi connectivity index (χ2n) is 3.52. The van der Waals surface area contributed by atoms with E-state index in [2.05, 4.69) is 5.32 Å². The first-order valence-electron chi connectivity index (χ1n) is 5.13. The third kappa shape index (κ3) is 3.20. The van der Waals surface area contributed by atoms with Gasteiger partial charge in [0.2, 0.25) is 0 Å². The molecule has 0 radical (unpaired) electrons. The summed E-state index contributed by atoms with van der Waals surface area (Å²) in [6.45, 7) is 1.67. The fraction of sp³-hybridized carbons (Fsp3) is 0.167. The number of hydrogen-bond acceptors (Lipinski definition) is 6. The summed E-state index contributed by atoms with van der Waals surface area (Å²) in [5.41, 5.74) is 0.872. The molecule has 0 unspecified atom stereocenters. The van der Waals surface area contributed by atoms with Crippen LogP contribution < -0.4 is 10.1 Å². The third-order valence-electron chi connectivity index (χ3n) is 2.34. The number of aryl methyl sites for hydroxylation is 1. The highest BCUT2D eigenvalue weighted by atomic mass is 16.6. The normalized spacial score (nSPS) is 8.84. The molecule has 0 saturated carbocycles. The molecule has 0 aliphatic rings. The number of nitrogens with zero attached hydrogens (tertiary/aromatic N) is 3. The highest BCUT2D eigenvalue weighted by molar-refractivity contribution is 5.64. The van der Waals surface area contributed by atoms with Gasteiger partial charge in [0.05, 0.1) is 12.0 Å². The molecule has 0 aromatic heterocycles. The van der Waals surface area contributed by atoms with Crippen LogP contribution in [-0.4, -0.2) is 12.0 Å². The number of nitro benzene ring substituents is 1. The van der Waals surface area contributed by atoms with Crippen molar-refractivity contribution in [2.75, 3.05) is 12.4 Å². The number of rotatable bonds is 4. The molecule has 96 valence electrons. The molecule has 0 heterocycles. The molecule has 1 N–H and O–H groups in total. The molecule has 0 aliphatic carbocycles. The second-order valence-corrected chi connectivity index (χ2v) is 3.52. The van der Waals surface area contributed by atoms with Gasteiger partial charge >= 0.3 is 5.69 Å². The number of ether oxygens (including phenoxy) is 1. The number of allylic oxidation sites excluding steroid dienone is 1. The minimum Gasteiger partial charge on any atom is -0.490 e. The maximum atomic E-state index is 10.8. The van der Waals surface area contributed by atoms with Crippen LogP contribution in [0.4, 0.5) is 11.4 Å². The molecule has 0 bridgehead atoms. The van der Waals surface area contributed by atoms with E-state index in [-0.39, 0.29) is 17.0 Å². The minimum atomic E-state index is -0.540. The predicted octanol–water partition coefficient (Wildman–Crippen LogP) is 2.25. The molecule has 19 heavy (non-hydrogen) atoms. The maximum Gasteiger partial charge on any atom is 0.311 e. The van der Waals surface area contributed by atoms with Crippen LogP contribution in [0.3, 0.4) is 0 Å². The van der Waals surface area contributed by atoms with Gasteiger partial charge in [-0.2, -0.15) is 10.5 Å². The van der Waals surface area contributed by atoms with Crippen LogP contribution in [0.15, 0.2) is 23.9 Å². The van der Waals surface area contributed by atoms with Gasteiger partial charge in [-0.25, -0.2) is 0 Å². The van der Waals surface area contributed by atoms with Crippen molar-refractivity contribution in [3.63, 3.8) is 0 Å². The summed E-state index contributed by atoms with van der Waals surface area (Å²) in [6, 6.07) is 6.19. The molecule has 0 spiro atoms. The number of nitro groups is 1. The van der Waals surface area contributed by atoms with Gasteiger partial charge in [0.15, 0.2) is 5.75 Å². The Balaban J connectivity index is 3.19. The summed E-state index contributed by atoms with van der Waals surface area (Å²) in [4.78, 5) is 10.3. The zero-order chi connectivity index (χ0) is 14.4. The van der Waals surface area contributed by atoms with E-state index in [1.807, 2.05) is 0 Å². The smallest absolute Gasteiger partial charge is 0.311 e. The lowest BCUT2D eigenvalue weighted by molar-refractivity contribution is -0.385. The number of nitriles is 2. The summed E-state index contributed by atoms with van der Waals surface area (Å²) < 4.78 is 4.93. The molecule has 0 atom stereocenters. The van der Waals surface area contributed by atoms with Crippen molar-refractivity contribution in [3.05, 3.63) is 39.6 Å². The van der Waals surface area contributed by atoms with E-state index >= 15 is 0 Å². The Morgan fingerprint density at radius 2 is 2.11 bits per heavy atom. The molecule has 1 aromatic carbocycles. The molecule has 0 amide bonds. The van der Waals surface area contributed by atoms with Crippen molar-refractivity contribution in [2.24, 2.45) is 0 Å². The molecular formula is C12H10N4O3. The van der Waals surface area contributed by atoms with Gasteiger partial charge in [-0.15, -0.1) is 0 Å². The van der Waals surface area contributed by atoms with Crippen molar-refractivity contribution in [3.8, 4) is 17.9 Å². The fourth-order valence-electron chi connectivity index (χ4n) is 1.37. The van der Waals surface area contributed by atoms with E-state index in [1.54, 1.807) is 19.1 Å². The van der Waals surface area contributed by atoms with Crippen LogP contribution in [-0.2, 0) is 0 Å². The summed E-state index contributed by atoms with van der Waals surface area (Å²) >= 11 is 0.